The smallest absolute Gasteiger partial charge is 0.252 e. The van der Waals surface area contributed by atoms with E-state index in [0.29, 0.717) is 25.6 Å². The summed E-state index contributed by atoms with van der Waals surface area (Å²) in [6, 6.07) is 8.39. The van der Waals surface area contributed by atoms with Crippen molar-refractivity contribution in [1.29, 1.82) is 0 Å². The minimum absolute atomic E-state index is 0.00826. The number of aromatic amines is 1. The molecule has 178 valence electrons. The molecule has 4 rings (SSSR count). The maximum absolute atomic E-state index is 13.0. The van der Waals surface area contributed by atoms with Gasteiger partial charge in [0.05, 0.1) is 17.6 Å². The van der Waals surface area contributed by atoms with Crippen molar-refractivity contribution in [2.24, 2.45) is 0 Å². The van der Waals surface area contributed by atoms with Crippen molar-refractivity contribution < 1.29 is 5.11 Å². The van der Waals surface area contributed by atoms with Crippen LogP contribution in [0.5, 0.6) is 0 Å². The molecule has 0 aliphatic heterocycles. The van der Waals surface area contributed by atoms with Gasteiger partial charge in [0.15, 0.2) is 5.82 Å². The van der Waals surface area contributed by atoms with Crippen LogP contribution in [-0.4, -0.2) is 48.3 Å². The van der Waals surface area contributed by atoms with Gasteiger partial charge in [-0.2, -0.15) is 0 Å². The molecule has 1 aliphatic rings. The lowest BCUT2D eigenvalue weighted by atomic mass is 9.95. The maximum atomic E-state index is 13.0. The number of rotatable bonds is 10. The Balaban J connectivity index is 1.68. The summed E-state index contributed by atoms with van der Waals surface area (Å²) in [4.78, 5) is 18.4. The summed E-state index contributed by atoms with van der Waals surface area (Å²) in [6.45, 7) is 5.44. The highest BCUT2D eigenvalue weighted by molar-refractivity contribution is 5.81. The number of aryl methyl sites for hydroxylation is 1. The maximum Gasteiger partial charge on any atom is 0.252 e. The lowest BCUT2D eigenvalue weighted by Crippen LogP contribution is -2.34. The Labute approximate surface area is 195 Å². The third-order valence-electron chi connectivity index (χ3n) is 6.88. The number of fused-ring (bicyclic) bond motifs is 1. The molecule has 8 nitrogen and oxygen atoms in total. The Morgan fingerprint density at radius 1 is 1.27 bits per heavy atom. The van der Waals surface area contributed by atoms with Crippen molar-refractivity contribution in [3.8, 4) is 0 Å². The Morgan fingerprint density at radius 3 is 2.85 bits per heavy atom. The van der Waals surface area contributed by atoms with Crippen LogP contribution in [0.2, 0.25) is 0 Å². The molecule has 1 aliphatic carbocycles. The third-order valence-corrected chi connectivity index (χ3v) is 6.88. The minimum Gasteiger partial charge on any atom is -0.396 e. The van der Waals surface area contributed by atoms with Crippen LogP contribution in [0.1, 0.15) is 87.3 Å². The predicted octanol–water partition coefficient (Wildman–Crippen LogP) is 4.05. The molecule has 0 radical (unpaired) electrons. The zero-order chi connectivity index (χ0) is 23.2. The molecule has 0 amide bonds. The fourth-order valence-electron chi connectivity index (χ4n) is 5.14. The van der Waals surface area contributed by atoms with Crippen LogP contribution in [0.25, 0.3) is 10.9 Å². The fraction of sp³-hybridized carbons (Fsp3) is 0.600. The van der Waals surface area contributed by atoms with Crippen molar-refractivity contribution in [1.82, 2.24) is 30.1 Å². The predicted molar refractivity (Wildman–Crippen MR) is 129 cm³/mol. The van der Waals surface area contributed by atoms with Gasteiger partial charge in [-0.3, -0.25) is 9.69 Å². The summed E-state index contributed by atoms with van der Waals surface area (Å²) in [7, 11) is 0. The van der Waals surface area contributed by atoms with Crippen molar-refractivity contribution in [2.75, 3.05) is 13.2 Å². The first-order chi connectivity index (χ1) is 16.1. The van der Waals surface area contributed by atoms with Crippen LogP contribution in [0.3, 0.4) is 0 Å². The quantitative estimate of drug-likeness (QED) is 0.481. The first kappa shape index (κ1) is 23.6. The number of para-hydroxylation sites is 1. The van der Waals surface area contributed by atoms with E-state index in [0.717, 1.165) is 53.5 Å². The Bertz CT molecular complexity index is 1100. The molecule has 2 N–H and O–H groups in total. The van der Waals surface area contributed by atoms with E-state index in [2.05, 4.69) is 32.3 Å². The molecule has 0 spiro atoms. The highest BCUT2D eigenvalue weighted by Crippen LogP contribution is 2.32. The number of nitrogens with one attached hydrogen (secondary N) is 1. The summed E-state index contributed by atoms with van der Waals surface area (Å²) in [5, 5.41) is 23.5. The number of benzene rings is 1. The summed E-state index contributed by atoms with van der Waals surface area (Å²) >= 11 is 0. The van der Waals surface area contributed by atoms with Crippen molar-refractivity contribution >= 4 is 10.9 Å². The van der Waals surface area contributed by atoms with Gasteiger partial charge in [-0.25, -0.2) is 4.68 Å². The van der Waals surface area contributed by atoms with E-state index in [1.54, 1.807) is 0 Å². The van der Waals surface area contributed by atoms with Crippen molar-refractivity contribution in [2.45, 2.75) is 83.8 Å². The third kappa shape index (κ3) is 5.33. The lowest BCUT2D eigenvalue weighted by molar-refractivity contribution is 0.143. The van der Waals surface area contributed by atoms with Crippen molar-refractivity contribution in [3.05, 3.63) is 51.6 Å². The van der Waals surface area contributed by atoms with Crippen LogP contribution in [-0.2, 0) is 6.54 Å². The van der Waals surface area contributed by atoms with Crippen LogP contribution in [0, 0.1) is 6.92 Å². The molecule has 1 unspecified atom stereocenters. The normalized spacial score (nSPS) is 16.0. The summed E-state index contributed by atoms with van der Waals surface area (Å²) < 4.78 is 2.04. The summed E-state index contributed by atoms with van der Waals surface area (Å²) in [5.74, 6) is 0.884. The van der Waals surface area contributed by atoms with Gasteiger partial charge in [-0.1, -0.05) is 50.8 Å². The number of hydrogen-bond donors (Lipinski definition) is 2. The number of hydrogen-bond acceptors (Lipinski definition) is 6. The second-order valence-corrected chi connectivity index (χ2v) is 9.29. The molecular formula is C25H36N6O2. The van der Waals surface area contributed by atoms with Gasteiger partial charge in [0.25, 0.3) is 5.56 Å². The molecule has 1 saturated carbocycles. The van der Waals surface area contributed by atoms with Gasteiger partial charge in [-0.05, 0) is 60.0 Å². The molecule has 2 heterocycles. The molecule has 8 heteroatoms. The molecular weight excluding hydrogens is 416 g/mol. The van der Waals surface area contributed by atoms with E-state index >= 15 is 0 Å². The topological polar surface area (TPSA) is 99.9 Å². The number of pyridine rings is 1. The molecule has 1 aromatic carbocycles. The SMILES string of the molecule is CCCC(c1nnnn1C1CCCCC1)N(CCCO)Cc1cc2cccc(C)c2[nH]c1=O. The molecule has 1 atom stereocenters. The standard InChI is InChI=1S/C25H36N6O2/c1-3-9-22(24-27-28-29-31(24)21-12-5-4-6-13-21)30(14-8-15-32)17-20-16-19-11-7-10-18(2)23(19)26-25(20)33/h7,10-11,16,21-22,32H,3-6,8-9,12-15,17H2,1-2H3,(H,26,33). The highest BCUT2D eigenvalue weighted by atomic mass is 16.3. The van der Waals surface area contributed by atoms with E-state index in [-0.39, 0.29) is 18.2 Å². The largest absolute Gasteiger partial charge is 0.396 e. The number of H-pyrrole nitrogens is 1. The Morgan fingerprint density at radius 2 is 2.09 bits per heavy atom. The molecule has 33 heavy (non-hydrogen) atoms. The lowest BCUT2D eigenvalue weighted by Gasteiger charge is -2.32. The van der Waals surface area contributed by atoms with E-state index in [4.69, 9.17) is 0 Å². The molecule has 0 saturated heterocycles. The fourth-order valence-corrected chi connectivity index (χ4v) is 5.14. The van der Waals surface area contributed by atoms with Crippen LogP contribution < -0.4 is 5.56 Å². The van der Waals surface area contributed by atoms with E-state index < -0.39 is 0 Å². The zero-order valence-electron chi connectivity index (χ0n) is 19.8. The second kappa shape index (κ2) is 11.0. The molecule has 1 fully saturated rings. The van der Waals surface area contributed by atoms with Gasteiger partial charge < -0.3 is 10.1 Å². The number of aliphatic hydroxyl groups is 1. The summed E-state index contributed by atoms with van der Waals surface area (Å²) in [6.07, 6.45) is 8.42. The Kier molecular flexibility index (Phi) is 7.88. The van der Waals surface area contributed by atoms with Gasteiger partial charge >= 0.3 is 0 Å². The molecule has 2 aromatic heterocycles. The van der Waals surface area contributed by atoms with Crippen LogP contribution in [0.4, 0.5) is 0 Å². The van der Waals surface area contributed by atoms with Crippen LogP contribution in [0.15, 0.2) is 29.1 Å². The number of aliphatic hydroxyl groups excluding tert-OH is 1. The highest BCUT2D eigenvalue weighted by Gasteiger charge is 2.29. The zero-order valence-corrected chi connectivity index (χ0v) is 19.8. The first-order valence-corrected chi connectivity index (χ1v) is 12.4. The van der Waals surface area contributed by atoms with Gasteiger partial charge in [0.2, 0.25) is 0 Å². The number of nitrogens with zero attached hydrogens (tertiary/aromatic N) is 5. The molecule has 3 aromatic rings. The first-order valence-electron chi connectivity index (χ1n) is 12.4. The van der Waals surface area contributed by atoms with E-state index in [9.17, 15) is 9.90 Å². The van der Waals surface area contributed by atoms with Crippen LogP contribution >= 0.6 is 0 Å². The minimum atomic E-state index is -0.0621. The van der Waals surface area contributed by atoms with E-state index in [1.807, 2.05) is 35.9 Å². The second-order valence-electron chi connectivity index (χ2n) is 9.29. The average Bonchev–Trinajstić information content (AvgIpc) is 3.31. The van der Waals surface area contributed by atoms with Gasteiger partial charge in [0.1, 0.15) is 0 Å². The van der Waals surface area contributed by atoms with Crippen molar-refractivity contribution in [3.63, 3.8) is 0 Å². The van der Waals surface area contributed by atoms with Gasteiger partial charge in [0, 0.05) is 25.3 Å². The average molecular weight is 453 g/mol. The van der Waals surface area contributed by atoms with Gasteiger partial charge in [-0.15, -0.1) is 5.10 Å². The molecule has 0 bridgehead atoms. The number of aromatic nitrogens is 5. The number of tetrazole rings is 1. The van der Waals surface area contributed by atoms with E-state index in [1.165, 1.54) is 19.3 Å². The monoisotopic (exact) mass is 452 g/mol. The summed E-state index contributed by atoms with van der Waals surface area (Å²) in [5.41, 5.74) is 2.61. The Hall–Kier alpha value is -2.58.